The lowest BCUT2D eigenvalue weighted by Gasteiger charge is -2.17. The van der Waals surface area contributed by atoms with Crippen molar-refractivity contribution in [1.29, 1.82) is 0 Å². The minimum atomic E-state index is -1.06. The van der Waals surface area contributed by atoms with Crippen LogP contribution in [0.5, 0.6) is 0 Å². The molecule has 0 aliphatic carbocycles. The number of nitrogens with one attached hydrogen (secondary N) is 3. The SMILES string of the molecule is O=C(COC(=O)[C@H](Cc1ccccc1)NC(=O)c1ccco1)NC(=O)NCCc1cccs1. The van der Waals surface area contributed by atoms with E-state index in [9.17, 15) is 19.2 Å². The lowest BCUT2D eigenvalue weighted by molar-refractivity contribution is -0.150. The highest BCUT2D eigenvalue weighted by Gasteiger charge is 2.25. The summed E-state index contributed by atoms with van der Waals surface area (Å²) in [6, 6.07) is 14.2. The molecule has 4 amide bonds. The molecule has 0 radical (unpaired) electrons. The molecule has 2 heterocycles. The number of thiophene rings is 1. The van der Waals surface area contributed by atoms with Crippen LogP contribution >= 0.6 is 11.3 Å². The zero-order chi connectivity index (χ0) is 23.5. The highest BCUT2D eigenvalue weighted by molar-refractivity contribution is 7.09. The maximum atomic E-state index is 12.6. The van der Waals surface area contributed by atoms with Gasteiger partial charge in [0.15, 0.2) is 12.4 Å². The van der Waals surface area contributed by atoms with E-state index < -0.39 is 36.5 Å². The number of benzene rings is 1. The van der Waals surface area contributed by atoms with Gasteiger partial charge < -0.3 is 19.8 Å². The van der Waals surface area contributed by atoms with Crippen LogP contribution in [0.3, 0.4) is 0 Å². The van der Waals surface area contributed by atoms with Crippen LogP contribution in [0, 0.1) is 0 Å². The molecule has 172 valence electrons. The maximum absolute atomic E-state index is 12.6. The fourth-order valence-electron chi connectivity index (χ4n) is 2.88. The largest absolute Gasteiger partial charge is 0.459 e. The molecule has 0 saturated carbocycles. The van der Waals surface area contributed by atoms with Crippen molar-refractivity contribution in [2.75, 3.05) is 13.2 Å². The van der Waals surface area contributed by atoms with Crippen molar-refractivity contribution in [1.82, 2.24) is 16.0 Å². The van der Waals surface area contributed by atoms with Gasteiger partial charge in [-0.1, -0.05) is 36.4 Å². The van der Waals surface area contributed by atoms with Crippen LogP contribution < -0.4 is 16.0 Å². The molecule has 9 nitrogen and oxygen atoms in total. The van der Waals surface area contributed by atoms with Gasteiger partial charge in [0.2, 0.25) is 0 Å². The Morgan fingerprint density at radius 2 is 1.82 bits per heavy atom. The van der Waals surface area contributed by atoms with Gasteiger partial charge in [0.05, 0.1) is 6.26 Å². The summed E-state index contributed by atoms with van der Waals surface area (Å²) >= 11 is 1.57. The Kier molecular flexibility index (Phi) is 8.78. The summed E-state index contributed by atoms with van der Waals surface area (Å²) in [4.78, 5) is 49.9. The Morgan fingerprint density at radius 3 is 2.52 bits per heavy atom. The van der Waals surface area contributed by atoms with Gasteiger partial charge in [-0.3, -0.25) is 14.9 Å². The van der Waals surface area contributed by atoms with Crippen molar-refractivity contribution in [3.63, 3.8) is 0 Å². The van der Waals surface area contributed by atoms with Gasteiger partial charge in [-0.05, 0) is 35.6 Å². The third-order valence-corrected chi connectivity index (χ3v) is 5.39. The molecule has 0 fully saturated rings. The molecule has 10 heteroatoms. The molecule has 0 aliphatic heterocycles. The van der Waals surface area contributed by atoms with Crippen LogP contribution in [-0.4, -0.2) is 43.0 Å². The normalized spacial score (nSPS) is 11.3. The van der Waals surface area contributed by atoms with Crippen LogP contribution in [0.4, 0.5) is 4.79 Å². The Bertz CT molecular complexity index is 1050. The zero-order valence-electron chi connectivity index (χ0n) is 17.6. The van der Waals surface area contributed by atoms with Crippen LogP contribution in [0.15, 0.2) is 70.7 Å². The second-order valence-electron chi connectivity index (χ2n) is 6.93. The molecule has 3 N–H and O–H groups in total. The van der Waals surface area contributed by atoms with Gasteiger partial charge in [-0.2, -0.15) is 0 Å². The van der Waals surface area contributed by atoms with E-state index in [4.69, 9.17) is 9.15 Å². The molecule has 0 bridgehead atoms. The van der Waals surface area contributed by atoms with E-state index in [2.05, 4.69) is 16.0 Å². The average Bonchev–Trinajstić information content (AvgIpc) is 3.52. The summed E-state index contributed by atoms with van der Waals surface area (Å²) in [6.45, 7) is -0.309. The molecule has 0 aliphatic rings. The maximum Gasteiger partial charge on any atom is 0.329 e. The first-order valence-corrected chi connectivity index (χ1v) is 11.0. The Balaban J connectivity index is 1.48. The van der Waals surface area contributed by atoms with E-state index in [0.29, 0.717) is 13.0 Å². The molecule has 1 atom stereocenters. The van der Waals surface area contributed by atoms with E-state index >= 15 is 0 Å². The van der Waals surface area contributed by atoms with Crippen molar-refractivity contribution in [2.45, 2.75) is 18.9 Å². The van der Waals surface area contributed by atoms with Crippen molar-refractivity contribution in [2.24, 2.45) is 0 Å². The number of ether oxygens (including phenoxy) is 1. The zero-order valence-corrected chi connectivity index (χ0v) is 18.4. The molecule has 0 saturated heterocycles. The van der Waals surface area contributed by atoms with Crippen molar-refractivity contribution in [3.05, 3.63) is 82.4 Å². The predicted octanol–water partition coefficient (Wildman–Crippen LogP) is 2.29. The number of esters is 1. The fourth-order valence-corrected chi connectivity index (χ4v) is 3.59. The first kappa shape index (κ1) is 23.7. The number of hydrogen-bond acceptors (Lipinski definition) is 7. The lowest BCUT2D eigenvalue weighted by Crippen LogP contribution is -2.45. The molecule has 3 aromatic rings. The van der Waals surface area contributed by atoms with E-state index in [1.807, 2.05) is 23.6 Å². The van der Waals surface area contributed by atoms with Crippen LogP contribution in [0.1, 0.15) is 21.0 Å². The number of carbonyl (C=O) groups is 4. The second-order valence-corrected chi connectivity index (χ2v) is 7.97. The summed E-state index contributed by atoms with van der Waals surface area (Å²) in [5.74, 6) is -2.15. The topological polar surface area (TPSA) is 127 Å². The van der Waals surface area contributed by atoms with E-state index in [1.54, 1.807) is 41.7 Å². The van der Waals surface area contributed by atoms with Crippen LogP contribution in [-0.2, 0) is 27.2 Å². The van der Waals surface area contributed by atoms with Crippen LogP contribution in [0.25, 0.3) is 0 Å². The number of hydrogen-bond donors (Lipinski definition) is 3. The molecular formula is C23H23N3O6S. The summed E-state index contributed by atoms with van der Waals surface area (Å²) in [7, 11) is 0. The summed E-state index contributed by atoms with van der Waals surface area (Å²) < 4.78 is 10.1. The molecule has 1 aromatic carbocycles. The number of amides is 4. The third kappa shape index (κ3) is 7.93. The average molecular weight is 470 g/mol. The van der Waals surface area contributed by atoms with E-state index in [1.165, 1.54) is 12.3 Å². The minimum Gasteiger partial charge on any atom is -0.459 e. The highest BCUT2D eigenvalue weighted by Crippen LogP contribution is 2.08. The third-order valence-electron chi connectivity index (χ3n) is 4.45. The molecule has 0 unspecified atom stereocenters. The molecule has 2 aromatic heterocycles. The Hall–Kier alpha value is -3.92. The van der Waals surface area contributed by atoms with Gasteiger partial charge in [-0.25, -0.2) is 9.59 Å². The molecule has 0 spiro atoms. The smallest absolute Gasteiger partial charge is 0.329 e. The van der Waals surface area contributed by atoms with Gasteiger partial charge in [0, 0.05) is 17.8 Å². The van der Waals surface area contributed by atoms with Gasteiger partial charge in [0.25, 0.3) is 11.8 Å². The van der Waals surface area contributed by atoms with Crippen molar-refractivity contribution >= 4 is 35.2 Å². The minimum absolute atomic E-state index is 0.0397. The Morgan fingerprint density at radius 1 is 1.00 bits per heavy atom. The van der Waals surface area contributed by atoms with Gasteiger partial charge in [0.1, 0.15) is 6.04 Å². The standard InChI is InChI=1S/C23H23N3O6S/c27-20(26-23(30)24-11-10-17-8-5-13-33-17)15-32-22(29)18(14-16-6-2-1-3-7-16)25-21(28)19-9-4-12-31-19/h1-9,12-13,18H,10-11,14-15H2,(H,25,28)(H2,24,26,27,30)/t18-/m0/s1. The fraction of sp³-hybridized carbons (Fsp3) is 0.217. The number of rotatable bonds is 10. The predicted molar refractivity (Wildman–Crippen MR) is 121 cm³/mol. The number of urea groups is 1. The monoisotopic (exact) mass is 469 g/mol. The summed E-state index contributed by atoms with van der Waals surface area (Å²) in [5.41, 5.74) is 0.786. The first-order chi connectivity index (χ1) is 16.0. The Labute approximate surface area is 194 Å². The highest BCUT2D eigenvalue weighted by atomic mass is 32.1. The molecule has 3 rings (SSSR count). The van der Waals surface area contributed by atoms with E-state index in [-0.39, 0.29) is 12.2 Å². The summed E-state index contributed by atoms with van der Waals surface area (Å²) in [6.07, 6.45) is 2.14. The van der Waals surface area contributed by atoms with Crippen LogP contribution in [0.2, 0.25) is 0 Å². The number of furan rings is 1. The molecule has 33 heavy (non-hydrogen) atoms. The van der Waals surface area contributed by atoms with Gasteiger partial charge in [-0.15, -0.1) is 11.3 Å². The van der Waals surface area contributed by atoms with Crippen molar-refractivity contribution < 1.29 is 28.3 Å². The quantitative estimate of drug-likeness (QED) is 0.391. The van der Waals surface area contributed by atoms with Gasteiger partial charge >= 0.3 is 12.0 Å². The second kappa shape index (κ2) is 12.2. The van der Waals surface area contributed by atoms with E-state index in [0.717, 1.165) is 10.4 Å². The first-order valence-electron chi connectivity index (χ1n) is 10.2. The lowest BCUT2D eigenvalue weighted by atomic mass is 10.1. The number of imide groups is 1. The summed E-state index contributed by atoms with van der Waals surface area (Å²) in [5, 5.41) is 9.16. The van der Waals surface area contributed by atoms with Crippen molar-refractivity contribution in [3.8, 4) is 0 Å². The number of carbonyl (C=O) groups excluding carboxylic acids is 4. The molecular weight excluding hydrogens is 446 g/mol.